The van der Waals surface area contributed by atoms with E-state index in [1.807, 2.05) is 0 Å². The maximum atomic E-state index is 13.9. The van der Waals surface area contributed by atoms with Crippen LogP contribution >= 0.6 is 7.75 Å². The molecule has 0 aliphatic carbocycles. The van der Waals surface area contributed by atoms with E-state index in [0.29, 0.717) is 0 Å². The van der Waals surface area contributed by atoms with Crippen LogP contribution in [0.5, 0.6) is 11.5 Å². The fourth-order valence-corrected chi connectivity index (χ4v) is 3.56. The molecule has 0 fully saturated rings. The number of rotatable bonds is 9. The molecule has 8 nitrogen and oxygen atoms in total. The van der Waals surface area contributed by atoms with Gasteiger partial charge in [-0.15, -0.1) is 0 Å². The largest absolute Gasteiger partial charge is 0.513 e. The molecule has 162 valence electrons. The Morgan fingerprint density at radius 2 is 1.40 bits per heavy atom. The minimum Gasteiger partial charge on any atom is -0.481 e. The minimum absolute atomic E-state index is 0.323. The molecule has 0 heterocycles. The standard InChI is InChI=1S/C16H11F5NO7P/c17-10-11(18)13(20)15(14(21)12(10)19)29-30(27,28-7-4-2-1-3-5-7)22-8(16(25)26)6-9(23)24/h1-5,8H,6H2,(H,22,27)(H,23,24)(H,25,26)/t8-,30?/m0/s1. The van der Waals surface area contributed by atoms with Crippen LogP contribution in [0.15, 0.2) is 30.3 Å². The van der Waals surface area contributed by atoms with Crippen molar-refractivity contribution >= 4 is 19.7 Å². The van der Waals surface area contributed by atoms with Crippen molar-refractivity contribution in [2.75, 3.05) is 0 Å². The third kappa shape index (κ3) is 5.24. The van der Waals surface area contributed by atoms with Gasteiger partial charge in [0.15, 0.2) is 0 Å². The molecule has 0 aliphatic rings. The van der Waals surface area contributed by atoms with Crippen LogP contribution in [0.3, 0.4) is 0 Å². The van der Waals surface area contributed by atoms with Gasteiger partial charge in [-0.05, 0) is 12.1 Å². The molecule has 0 aliphatic heterocycles. The summed E-state index contributed by atoms with van der Waals surface area (Å²) >= 11 is 0. The fraction of sp³-hybridized carbons (Fsp3) is 0.125. The van der Waals surface area contributed by atoms with E-state index in [0.717, 1.165) is 12.1 Å². The minimum atomic E-state index is -5.27. The van der Waals surface area contributed by atoms with Crippen molar-refractivity contribution in [2.45, 2.75) is 12.5 Å². The summed E-state index contributed by atoms with van der Waals surface area (Å²) in [7, 11) is -5.27. The van der Waals surface area contributed by atoms with E-state index in [1.165, 1.54) is 18.2 Å². The van der Waals surface area contributed by atoms with Crippen molar-refractivity contribution in [1.29, 1.82) is 0 Å². The second kappa shape index (κ2) is 9.09. The Bertz CT molecular complexity index is 992. The summed E-state index contributed by atoms with van der Waals surface area (Å²) in [5.74, 6) is -18.3. The van der Waals surface area contributed by atoms with Crippen molar-refractivity contribution < 1.29 is 55.4 Å². The van der Waals surface area contributed by atoms with Gasteiger partial charge in [-0.1, -0.05) is 18.2 Å². The molecule has 2 rings (SSSR count). The lowest BCUT2D eigenvalue weighted by Crippen LogP contribution is -2.38. The van der Waals surface area contributed by atoms with Crippen LogP contribution < -0.4 is 14.1 Å². The number of carbonyl (C=O) groups is 2. The van der Waals surface area contributed by atoms with Crippen LogP contribution in [0.1, 0.15) is 6.42 Å². The number of hydrogen-bond donors (Lipinski definition) is 3. The maximum Gasteiger partial charge on any atom is 0.513 e. The highest BCUT2D eigenvalue weighted by molar-refractivity contribution is 7.52. The van der Waals surface area contributed by atoms with Gasteiger partial charge in [-0.2, -0.15) is 13.9 Å². The third-order valence-electron chi connectivity index (χ3n) is 3.34. The van der Waals surface area contributed by atoms with Gasteiger partial charge in [0.2, 0.25) is 34.8 Å². The summed E-state index contributed by atoms with van der Waals surface area (Å²) in [6.45, 7) is 0. The summed E-state index contributed by atoms with van der Waals surface area (Å²) in [5.41, 5.74) is 0. The summed E-state index contributed by atoms with van der Waals surface area (Å²) in [6, 6.07) is 4.25. The molecule has 0 amide bonds. The van der Waals surface area contributed by atoms with Crippen molar-refractivity contribution in [3.8, 4) is 11.5 Å². The van der Waals surface area contributed by atoms with Gasteiger partial charge < -0.3 is 19.3 Å². The highest BCUT2D eigenvalue weighted by Crippen LogP contribution is 2.47. The van der Waals surface area contributed by atoms with Gasteiger partial charge >= 0.3 is 19.7 Å². The number of carboxylic acid groups (broad SMARTS) is 2. The quantitative estimate of drug-likeness (QED) is 0.228. The molecule has 3 N–H and O–H groups in total. The number of para-hydroxylation sites is 1. The zero-order chi connectivity index (χ0) is 22.6. The first-order chi connectivity index (χ1) is 13.9. The lowest BCUT2D eigenvalue weighted by molar-refractivity contribution is -0.145. The molecule has 1 unspecified atom stereocenters. The maximum absolute atomic E-state index is 13.9. The SMILES string of the molecule is O=C(O)C[C@H](NP(=O)(Oc1ccccc1)Oc1c(F)c(F)c(F)c(F)c1F)C(=O)O. The highest BCUT2D eigenvalue weighted by Gasteiger charge is 2.39. The van der Waals surface area contributed by atoms with Gasteiger partial charge in [-0.3, -0.25) is 9.59 Å². The smallest absolute Gasteiger partial charge is 0.481 e. The lowest BCUT2D eigenvalue weighted by atomic mass is 10.2. The first-order valence-corrected chi connectivity index (χ1v) is 9.27. The van der Waals surface area contributed by atoms with Crippen LogP contribution in [0.25, 0.3) is 0 Å². The van der Waals surface area contributed by atoms with Crippen LogP contribution in [0.4, 0.5) is 22.0 Å². The van der Waals surface area contributed by atoms with Crippen molar-refractivity contribution in [1.82, 2.24) is 5.09 Å². The van der Waals surface area contributed by atoms with E-state index in [2.05, 4.69) is 4.52 Å². The number of halogens is 5. The number of carboxylic acids is 2. The molecule has 0 spiro atoms. The predicted molar refractivity (Wildman–Crippen MR) is 88.3 cm³/mol. The van der Waals surface area contributed by atoms with E-state index in [4.69, 9.17) is 14.7 Å². The Morgan fingerprint density at radius 3 is 1.87 bits per heavy atom. The van der Waals surface area contributed by atoms with Gasteiger partial charge in [0.25, 0.3) is 0 Å². The average molecular weight is 455 g/mol. The molecule has 0 saturated carbocycles. The molecular weight excluding hydrogens is 444 g/mol. The highest BCUT2D eigenvalue weighted by atomic mass is 31.2. The van der Waals surface area contributed by atoms with Gasteiger partial charge in [0.05, 0.1) is 6.42 Å². The van der Waals surface area contributed by atoms with E-state index in [1.54, 1.807) is 5.09 Å². The lowest BCUT2D eigenvalue weighted by Gasteiger charge is -2.23. The zero-order valence-electron chi connectivity index (χ0n) is 14.4. The van der Waals surface area contributed by atoms with Gasteiger partial charge in [0, 0.05) is 0 Å². The van der Waals surface area contributed by atoms with Crippen molar-refractivity contribution in [3.63, 3.8) is 0 Å². The number of nitrogens with one attached hydrogen (secondary N) is 1. The molecule has 14 heteroatoms. The molecule has 0 saturated heterocycles. The summed E-state index contributed by atoms with van der Waals surface area (Å²) in [6.07, 6.45) is -1.20. The normalized spacial score (nSPS) is 13.9. The average Bonchev–Trinajstić information content (AvgIpc) is 2.68. The predicted octanol–water partition coefficient (Wildman–Crippen LogP) is 3.47. The van der Waals surface area contributed by atoms with E-state index < -0.39 is 67.0 Å². The first-order valence-electron chi connectivity index (χ1n) is 7.73. The Kier molecular flexibility index (Phi) is 7.00. The molecule has 2 atom stereocenters. The monoisotopic (exact) mass is 455 g/mol. The zero-order valence-corrected chi connectivity index (χ0v) is 15.3. The molecule has 0 radical (unpaired) electrons. The molecule has 30 heavy (non-hydrogen) atoms. The fourth-order valence-electron chi connectivity index (χ4n) is 2.03. The summed E-state index contributed by atoms with van der Waals surface area (Å²) in [4.78, 5) is 22.0. The Hall–Kier alpha value is -3.18. The van der Waals surface area contributed by atoms with E-state index >= 15 is 0 Å². The van der Waals surface area contributed by atoms with Crippen LogP contribution in [-0.4, -0.2) is 28.2 Å². The van der Waals surface area contributed by atoms with Crippen molar-refractivity contribution in [3.05, 3.63) is 59.4 Å². The number of aliphatic carboxylic acids is 2. The molecule has 2 aromatic rings. The van der Waals surface area contributed by atoms with Crippen molar-refractivity contribution in [2.24, 2.45) is 0 Å². The molecular formula is C16H11F5NO7P. The first kappa shape index (κ1) is 23.1. The topological polar surface area (TPSA) is 122 Å². The number of benzene rings is 2. The summed E-state index contributed by atoms with van der Waals surface area (Å²) < 4.78 is 90.1. The van der Waals surface area contributed by atoms with Crippen LogP contribution in [0.2, 0.25) is 0 Å². The van der Waals surface area contributed by atoms with Gasteiger partial charge in [0.1, 0.15) is 11.8 Å². The molecule has 0 bridgehead atoms. The van der Waals surface area contributed by atoms with E-state index in [-0.39, 0.29) is 5.75 Å². The molecule has 0 aromatic heterocycles. The van der Waals surface area contributed by atoms with Crippen LogP contribution in [-0.2, 0) is 14.2 Å². The molecule has 2 aromatic carbocycles. The Labute approximate surface area is 164 Å². The van der Waals surface area contributed by atoms with E-state index in [9.17, 15) is 36.1 Å². The number of hydrogen-bond acceptors (Lipinski definition) is 5. The Balaban J connectivity index is 2.53. The third-order valence-corrected chi connectivity index (χ3v) is 4.84. The second-order valence-corrected chi connectivity index (χ2v) is 7.13. The van der Waals surface area contributed by atoms with Gasteiger partial charge in [-0.25, -0.2) is 17.7 Å². The second-order valence-electron chi connectivity index (χ2n) is 5.51. The summed E-state index contributed by atoms with van der Waals surface area (Å²) in [5, 5.41) is 19.5. The Morgan fingerprint density at radius 1 is 0.900 bits per heavy atom. The van der Waals surface area contributed by atoms with Crippen LogP contribution in [0, 0.1) is 29.1 Å².